The van der Waals surface area contributed by atoms with Crippen LogP contribution in [0.2, 0.25) is 0 Å². The van der Waals surface area contributed by atoms with Gasteiger partial charge in [0.2, 0.25) is 5.95 Å². The van der Waals surface area contributed by atoms with Gasteiger partial charge in [0.15, 0.2) is 5.13 Å². The standard InChI is InChI=1S/C27H29N5O2S/c1-2-17-12-13-22-23(15-17)35-27(30-22)32-24-16-19(14-18-8-4-3-5-9-18)28-26(31-24)29-21-11-7-6-10-20(21)25(33)34/h3-5,8-9,12-13,15-16,20-21H,2,6-7,10-11,14H2,1H3,(H,33,34)(H2,28,29,30,31,32)/t20-,21-/m1/s1. The van der Waals surface area contributed by atoms with Crippen molar-refractivity contribution in [3.63, 3.8) is 0 Å². The Bertz CT molecular complexity index is 1320. The van der Waals surface area contributed by atoms with Crippen LogP contribution in [0.5, 0.6) is 0 Å². The van der Waals surface area contributed by atoms with E-state index in [-0.39, 0.29) is 6.04 Å². The first-order valence-corrected chi connectivity index (χ1v) is 13.0. The number of aryl methyl sites for hydroxylation is 1. The van der Waals surface area contributed by atoms with E-state index in [9.17, 15) is 9.90 Å². The highest BCUT2D eigenvalue weighted by Gasteiger charge is 2.31. The maximum absolute atomic E-state index is 11.8. The van der Waals surface area contributed by atoms with Crippen molar-refractivity contribution in [2.45, 2.75) is 51.5 Å². The largest absolute Gasteiger partial charge is 0.481 e. The summed E-state index contributed by atoms with van der Waals surface area (Å²) in [6.07, 6.45) is 5.05. The van der Waals surface area contributed by atoms with Gasteiger partial charge in [-0.3, -0.25) is 4.79 Å². The van der Waals surface area contributed by atoms with E-state index in [4.69, 9.17) is 15.0 Å². The molecule has 8 heteroatoms. The van der Waals surface area contributed by atoms with Gasteiger partial charge in [-0.2, -0.15) is 4.98 Å². The lowest BCUT2D eigenvalue weighted by Gasteiger charge is -2.29. The number of nitrogens with zero attached hydrogens (tertiary/aromatic N) is 3. The number of nitrogens with one attached hydrogen (secondary N) is 2. The number of thiazole rings is 1. The third-order valence-corrected chi connectivity index (χ3v) is 7.43. The van der Waals surface area contributed by atoms with E-state index >= 15 is 0 Å². The number of aromatic nitrogens is 3. The first-order chi connectivity index (χ1) is 17.1. The summed E-state index contributed by atoms with van der Waals surface area (Å²) >= 11 is 1.60. The van der Waals surface area contributed by atoms with Gasteiger partial charge in [0, 0.05) is 18.5 Å². The molecule has 0 aliphatic heterocycles. The molecule has 3 N–H and O–H groups in total. The Hall–Kier alpha value is -3.52. The van der Waals surface area contributed by atoms with E-state index in [1.807, 2.05) is 24.3 Å². The van der Waals surface area contributed by atoms with Gasteiger partial charge in [0.05, 0.1) is 21.8 Å². The van der Waals surface area contributed by atoms with Gasteiger partial charge in [0.25, 0.3) is 0 Å². The van der Waals surface area contributed by atoms with Crippen LogP contribution in [0.25, 0.3) is 10.2 Å². The normalized spacial score (nSPS) is 17.9. The third kappa shape index (κ3) is 5.59. The topological polar surface area (TPSA) is 100 Å². The summed E-state index contributed by atoms with van der Waals surface area (Å²) in [7, 11) is 0. The number of rotatable bonds is 8. The van der Waals surface area contributed by atoms with Crippen molar-refractivity contribution in [3.05, 3.63) is 71.4 Å². The molecule has 2 heterocycles. The number of aliphatic carboxylic acids is 1. The molecule has 0 bridgehead atoms. The fraction of sp³-hybridized carbons (Fsp3) is 0.333. The monoisotopic (exact) mass is 487 g/mol. The van der Waals surface area contributed by atoms with Crippen LogP contribution in [0, 0.1) is 5.92 Å². The van der Waals surface area contributed by atoms with Crippen LogP contribution in [0.4, 0.5) is 16.9 Å². The maximum Gasteiger partial charge on any atom is 0.308 e. The molecule has 1 aliphatic carbocycles. The van der Waals surface area contributed by atoms with Gasteiger partial charge >= 0.3 is 5.97 Å². The smallest absolute Gasteiger partial charge is 0.308 e. The SMILES string of the molecule is CCc1ccc2nc(Nc3cc(Cc4ccccc4)nc(N[C@@H]4CCCC[C@H]4C(=O)O)n3)sc2c1. The molecule has 2 atom stereocenters. The summed E-state index contributed by atoms with van der Waals surface area (Å²) in [5.41, 5.74) is 4.24. The molecule has 1 aliphatic rings. The minimum absolute atomic E-state index is 0.184. The molecule has 35 heavy (non-hydrogen) atoms. The second-order valence-electron chi connectivity index (χ2n) is 9.01. The fourth-order valence-electron chi connectivity index (χ4n) is 4.64. The second kappa shape index (κ2) is 10.4. The van der Waals surface area contributed by atoms with Crippen LogP contribution in [0.3, 0.4) is 0 Å². The second-order valence-corrected chi connectivity index (χ2v) is 10.0. The Balaban J connectivity index is 1.45. The van der Waals surface area contributed by atoms with Gasteiger partial charge in [-0.15, -0.1) is 0 Å². The molecule has 0 unspecified atom stereocenters. The zero-order valence-corrected chi connectivity index (χ0v) is 20.5. The molecule has 0 spiro atoms. The minimum Gasteiger partial charge on any atom is -0.481 e. The lowest BCUT2D eigenvalue weighted by Crippen LogP contribution is -2.37. The molecular formula is C27H29N5O2S. The summed E-state index contributed by atoms with van der Waals surface area (Å²) in [5.74, 6) is -0.0974. The molecule has 0 saturated heterocycles. The lowest BCUT2D eigenvalue weighted by molar-refractivity contribution is -0.143. The van der Waals surface area contributed by atoms with Crippen molar-refractivity contribution < 1.29 is 9.90 Å². The molecule has 5 rings (SSSR count). The zero-order valence-electron chi connectivity index (χ0n) is 19.7. The van der Waals surface area contributed by atoms with Crippen LogP contribution in [0.15, 0.2) is 54.6 Å². The van der Waals surface area contributed by atoms with Crippen LogP contribution in [0.1, 0.15) is 49.4 Å². The summed E-state index contributed by atoms with van der Waals surface area (Å²) in [5, 5.41) is 17.2. The number of hydrogen-bond donors (Lipinski definition) is 3. The average Bonchev–Trinajstić information content (AvgIpc) is 3.26. The number of carbonyl (C=O) groups is 1. The van der Waals surface area contributed by atoms with Crippen molar-refractivity contribution in [3.8, 4) is 0 Å². The molecule has 7 nitrogen and oxygen atoms in total. The fourth-order valence-corrected chi connectivity index (χ4v) is 5.58. The molecule has 4 aromatic rings. The number of benzene rings is 2. The zero-order chi connectivity index (χ0) is 24.2. The average molecular weight is 488 g/mol. The number of carboxylic acids is 1. The first-order valence-electron chi connectivity index (χ1n) is 12.1. The summed E-state index contributed by atoms with van der Waals surface area (Å²) in [4.78, 5) is 26.0. The number of carboxylic acid groups (broad SMARTS) is 1. The van der Waals surface area contributed by atoms with Gasteiger partial charge in [-0.05, 0) is 42.5 Å². The van der Waals surface area contributed by atoms with Crippen LogP contribution in [-0.2, 0) is 17.6 Å². The Morgan fingerprint density at radius 2 is 1.86 bits per heavy atom. The van der Waals surface area contributed by atoms with Crippen molar-refractivity contribution >= 4 is 44.4 Å². The molecule has 180 valence electrons. The molecule has 2 aromatic carbocycles. The van der Waals surface area contributed by atoms with Crippen LogP contribution in [-0.4, -0.2) is 32.1 Å². The molecule has 2 aromatic heterocycles. The molecule has 0 amide bonds. The maximum atomic E-state index is 11.8. The minimum atomic E-state index is -0.762. The van der Waals surface area contributed by atoms with E-state index in [0.29, 0.717) is 24.6 Å². The summed E-state index contributed by atoms with van der Waals surface area (Å²) in [6, 6.07) is 18.3. The van der Waals surface area contributed by atoms with Gasteiger partial charge in [-0.1, -0.05) is 67.5 Å². The van der Waals surface area contributed by atoms with Gasteiger partial charge in [0.1, 0.15) is 5.82 Å². The molecular weight excluding hydrogens is 458 g/mol. The first kappa shape index (κ1) is 23.2. The molecule has 1 fully saturated rings. The lowest BCUT2D eigenvalue weighted by atomic mass is 9.84. The van der Waals surface area contributed by atoms with Crippen LogP contribution < -0.4 is 10.6 Å². The summed E-state index contributed by atoms with van der Waals surface area (Å²) in [6.45, 7) is 2.15. The van der Waals surface area contributed by atoms with E-state index < -0.39 is 11.9 Å². The molecule has 1 saturated carbocycles. The van der Waals surface area contributed by atoms with E-state index in [1.165, 1.54) is 5.56 Å². The van der Waals surface area contributed by atoms with Crippen molar-refractivity contribution in [1.29, 1.82) is 0 Å². The Kier molecular flexibility index (Phi) is 6.90. The van der Waals surface area contributed by atoms with Gasteiger partial charge < -0.3 is 15.7 Å². The number of hydrogen-bond acceptors (Lipinski definition) is 7. The van der Waals surface area contributed by atoms with Crippen molar-refractivity contribution in [2.24, 2.45) is 5.92 Å². The van der Waals surface area contributed by atoms with Crippen molar-refractivity contribution in [1.82, 2.24) is 15.0 Å². The Morgan fingerprint density at radius 3 is 2.66 bits per heavy atom. The highest BCUT2D eigenvalue weighted by Crippen LogP contribution is 2.30. The molecule has 0 radical (unpaired) electrons. The number of fused-ring (bicyclic) bond motifs is 1. The van der Waals surface area contributed by atoms with Crippen LogP contribution >= 0.6 is 11.3 Å². The van der Waals surface area contributed by atoms with Crippen molar-refractivity contribution in [2.75, 3.05) is 10.6 Å². The predicted octanol–water partition coefficient (Wildman–Crippen LogP) is 6.04. The van der Waals surface area contributed by atoms with Gasteiger partial charge in [-0.25, -0.2) is 9.97 Å². The highest BCUT2D eigenvalue weighted by molar-refractivity contribution is 7.22. The Labute approximate surface area is 208 Å². The van der Waals surface area contributed by atoms with E-state index in [0.717, 1.165) is 52.3 Å². The number of anilines is 3. The Morgan fingerprint density at radius 1 is 1.03 bits per heavy atom. The quantitative estimate of drug-likeness (QED) is 0.279. The highest BCUT2D eigenvalue weighted by atomic mass is 32.1. The third-order valence-electron chi connectivity index (χ3n) is 6.50. The van der Waals surface area contributed by atoms with E-state index in [1.54, 1.807) is 11.3 Å². The van der Waals surface area contributed by atoms with E-state index in [2.05, 4.69) is 47.9 Å². The summed E-state index contributed by atoms with van der Waals surface area (Å²) < 4.78 is 1.13. The predicted molar refractivity (Wildman–Crippen MR) is 141 cm³/mol.